The van der Waals surface area contributed by atoms with E-state index in [0.717, 1.165) is 6.42 Å². The number of rotatable bonds is 4. The molecule has 1 aliphatic rings. The van der Waals surface area contributed by atoms with Crippen LogP contribution in [0.4, 0.5) is 0 Å². The molecule has 0 N–H and O–H groups in total. The van der Waals surface area contributed by atoms with Gasteiger partial charge in [-0.1, -0.05) is 136 Å². The van der Waals surface area contributed by atoms with Crippen LogP contribution in [0.25, 0.3) is 21.5 Å². The molecule has 0 saturated heterocycles. The maximum absolute atomic E-state index is 3.57. The molecule has 5 aromatic carbocycles. The fourth-order valence-electron chi connectivity index (χ4n) is 7.26. The van der Waals surface area contributed by atoms with E-state index in [4.69, 9.17) is 0 Å². The molecule has 1 unspecified atom stereocenters. The van der Waals surface area contributed by atoms with Crippen LogP contribution in [0.2, 0.25) is 0 Å². The molecule has 296 valence electrons. The zero-order chi connectivity index (χ0) is 42.0. The molecule has 1 atom stereocenters. The number of allylic oxidation sites excluding steroid dienone is 4. The Bertz CT molecular complexity index is 2030. The predicted molar refractivity (Wildman–Crippen MR) is 246 cm³/mol. The van der Waals surface area contributed by atoms with Gasteiger partial charge >= 0.3 is 151 Å². The van der Waals surface area contributed by atoms with Gasteiger partial charge in [0.1, 0.15) is 0 Å². The molecule has 6 rings (SSSR count). The van der Waals surface area contributed by atoms with Crippen molar-refractivity contribution in [1.82, 2.24) is 0 Å². The largest absolute Gasteiger partial charge is 0.266 e. The summed E-state index contributed by atoms with van der Waals surface area (Å²) in [4.78, 5) is 0. The maximum atomic E-state index is 3.57. The molecule has 0 amide bonds. The Morgan fingerprint density at radius 1 is 0.518 bits per heavy atom. The van der Waals surface area contributed by atoms with Gasteiger partial charge in [-0.15, -0.1) is 39.7 Å². The average Bonchev–Trinajstić information content (AvgIpc) is 3.72. The Hall–Kier alpha value is -3.02. The number of hydrogen-bond donors (Lipinski definition) is 0. The van der Waals surface area contributed by atoms with Gasteiger partial charge in [0.25, 0.3) is 0 Å². The first-order valence-corrected chi connectivity index (χ1v) is 22.3. The molecule has 0 nitrogen and oxygen atoms in total. The minimum atomic E-state index is 0.203. The van der Waals surface area contributed by atoms with E-state index in [1.165, 1.54) is 99.9 Å². The van der Waals surface area contributed by atoms with Gasteiger partial charge in [-0.2, -0.15) is 11.6 Å². The minimum absolute atomic E-state index is 0.203. The van der Waals surface area contributed by atoms with Gasteiger partial charge in [0.2, 0.25) is 0 Å². The van der Waals surface area contributed by atoms with E-state index < -0.39 is 0 Å². The second-order valence-corrected chi connectivity index (χ2v) is 22.3. The second kappa shape index (κ2) is 17.5. The predicted octanol–water partition coefficient (Wildman–Crippen LogP) is 15.8. The molecule has 0 aliphatic heterocycles. The molecule has 0 spiro atoms. The fourth-order valence-corrected chi connectivity index (χ4v) is 8.08. The van der Waals surface area contributed by atoms with Crippen molar-refractivity contribution in [2.24, 2.45) is 11.3 Å². The average molecular weight is 824 g/mol. The van der Waals surface area contributed by atoms with E-state index in [1.807, 2.05) is 0 Å². The Labute approximate surface area is 358 Å². The summed E-state index contributed by atoms with van der Waals surface area (Å²) in [6, 6.07) is 34.3. The van der Waals surface area contributed by atoms with Gasteiger partial charge in [0.05, 0.1) is 0 Å². The standard InChI is InChI=1S/C21H25.C21H26.C13H21.Zr/c1-20(2,3)16-7-9-18-14(12-16)11-15-13-17(21(4,5)6)8-10-19(15)18;1-20(2,3)18-11-7-16(8-12-18)15-17-9-13-19(14-10-17)21(4,5)6;1-6-10-8-11(7-2)12(9-10)13(3,4)5;/h7-13H,1-6H3;7-14H,1-6H3;9-10H,6-7H2,1-5H3;/q-1;;-1;+2. The van der Waals surface area contributed by atoms with E-state index in [9.17, 15) is 0 Å². The summed E-state index contributed by atoms with van der Waals surface area (Å²) in [5, 5.41) is 5.48. The Kier molecular flexibility index (Phi) is 14.2. The smallest absolute Gasteiger partial charge is 0.0202 e. The van der Waals surface area contributed by atoms with Gasteiger partial charge in [-0.25, -0.2) is 5.57 Å². The van der Waals surface area contributed by atoms with Crippen LogP contribution in [0.1, 0.15) is 164 Å². The SMILES string of the molecule is CC(C)(C)c1ccc([C](=[Zr+2])c2ccc(C(C)(C)C)cc2)cc1.CC(C)(C)c1ccc2c(c1)[cH-]c1cc(C(C)(C)C)ccc12.CCC1=[C-]C(CC)C=C1C(C)(C)C. The third kappa shape index (κ3) is 11.6. The van der Waals surface area contributed by atoms with Crippen LogP contribution in [-0.2, 0) is 45.9 Å². The monoisotopic (exact) mass is 822 g/mol. The van der Waals surface area contributed by atoms with Crippen molar-refractivity contribution in [3.05, 3.63) is 148 Å². The molecule has 1 aliphatic carbocycles. The summed E-state index contributed by atoms with van der Waals surface area (Å²) >= 11 is 1.46. The molecule has 1 heteroatoms. The second-order valence-electron chi connectivity index (χ2n) is 21.1. The van der Waals surface area contributed by atoms with Gasteiger partial charge in [-0.05, 0) is 10.8 Å². The van der Waals surface area contributed by atoms with Crippen molar-refractivity contribution in [3.63, 3.8) is 0 Å². The topological polar surface area (TPSA) is 0 Å². The normalized spacial score (nSPS) is 15.2. The van der Waals surface area contributed by atoms with Gasteiger partial charge in [0, 0.05) is 0 Å². The van der Waals surface area contributed by atoms with Crippen molar-refractivity contribution in [1.29, 1.82) is 0 Å². The quantitative estimate of drug-likeness (QED) is 0.158. The summed E-state index contributed by atoms with van der Waals surface area (Å²) in [5.74, 6) is 0.573. The number of benzene rings is 4. The first-order valence-electron chi connectivity index (χ1n) is 21.0. The third-order valence-corrected chi connectivity index (χ3v) is 12.6. The summed E-state index contributed by atoms with van der Waals surface area (Å²) in [5.41, 5.74) is 12.4. The van der Waals surface area contributed by atoms with Gasteiger partial charge in [-0.3, -0.25) is 6.08 Å². The molecule has 0 fully saturated rings. The Morgan fingerprint density at radius 3 is 1.16 bits per heavy atom. The summed E-state index contributed by atoms with van der Waals surface area (Å²) < 4.78 is 1.42. The van der Waals surface area contributed by atoms with Crippen molar-refractivity contribution in [2.45, 2.75) is 152 Å². The van der Waals surface area contributed by atoms with Crippen LogP contribution >= 0.6 is 0 Å². The molecule has 0 heterocycles. The van der Waals surface area contributed by atoms with Crippen molar-refractivity contribution < 1.29 is 24.2 Å². The van der Waals surface area contributed by atoms with Crippen LogP contribution in [0.15, 0.2) is 108 Å². The first kappa shape index (κ1) is 45.7. The molecule has 56 heavy (non-hydrogen) atoms. The molecule has 0 aromatic heterocycles. The van der Waals surface area contributed by atoms with Gasteiger partial charge < -0.3 is 0 Å². The van der Waals surface area contributed by atoms with Crippen LogP contribution < -0.4 is 0 Å². The number of hydrogen-bond acceptors (Lipinski definition) is 0. The molecular formula is C55H72Zr. The van der Waals surface area contributed by atoms with Crippen LogP contribution in [0, 0.1) is 17.4 Å². The molecule has 0 saturated carbocycles. The minimum Gasteiger partial charge on any atom is -0.266 e. The summed E-state index contributed by atoms with van der Waals surface area (Å²) in [6.45, 7) is 38.5. The van der Waals surface area contributed by atoms with Crippen molar-refractivity contribution in [2.75, 3.05) is 0 Å². The fraction of sp³-hybridized carbons (Fsp3) is 0.455. The first-order chi connectivity index (χ1) is 25.7. The third-order valence-electron chi connectivity index (χ3n) is 11.2. The molecule has 0 bridgehead atoms. The van der Waals surface area contributed by atoms with E-state index in [1.54, 1.807) is 0 Å². The van der Waals surface area contributed by atoms with E-state index in [-0.39, 0.29) is 21.7 Å². The zero-order valence-electron chi connectivity index (χ0n) is 38.2. The summed E-state index contributed by atoms with van der Waals surface area (Å²) in [6.07, 6.45) is 8.28. The molecular weight excluding hydrogens is 752 g/mol. The van der Waals surface area contributed by atoms with E-state index >= 15 is 0 Å². The van der Waals surface area contributed by atoms with E-state index in [0.29, 0.717) is 11.3 Å². The van der Waals surface area contributed by atoms with Crippen LogP contribution in [-0.4, -0.2) is 3.21 Å². The summed E-state index contributed by atoms with van der Waals surface area (Å²) in [7, 11) is 0. The Balaban J connectivity index is 0.000000193. The van der Waals surface area contributed by atoms with E-state index in [2.05, 4.69) is 221 Å². The zero-order valence-corrected chi connectivity index (χ0v) is 40.7. The maximum Gasteiger partial charge on any atom is -0.0202 e. The molecule has 5 aromatic rings. The van der Waals surface area contributed by atoms with Crippen LogP contribution in [0.5, 0.6) is 0 Å². The van der Waals surface area contributed by atoms with Crippen LogP contribution in [0.3, 0.4) is 0 Å². The van der Waals surface area contributed by atoms with Gasteiger partial charge in [0.15, 0.2) is 0 Å². The van der Waals surface area contributed by atoms with Crippen molar-refractivity contribution in [3.8, 4) is 0 Å². The molecule has 0 radical (unpaired) electrons. The van der Waals surface area contributed by atoms with Crippen molar-refractivity contribution >= 4 is 24.8 Å². The number of fused-ring (bicyclic) bond motifs is 3. The Morgan fingerprint density at radius 2 is 0.875 bits per heavy atom.